The van der Waals surface area contributed by atoms with E-state index in [1.807, 2.05) is 19.1 Å². The van der Waals surface area contributed by atoms with Crippen molar-refractivity contribution >= 4 is 17.3 Å². The molecule has 23 heavy (non-hydrogen) atoms. The van der Waals surface area contributed by atoms with Crippen LogP contribution in [0, 0.1) is 6.92 Å². The molecule has 2 N–H and O–H groups in total. The first-order valence-electron chi connectivity index (χ1n) is 7.72. The molecule has 1 amide bonds. The highest BCUT2D eigenvalue weighted by Gasteiger charge is 2.16. The van der Waals surface area contributed by atoms with E-state index >= 15 is 0 Å². The van der Waals surface area contributed by atoms with Crippen molar-refractivity contribution in [2.75, 3.05) is 24.3 Å². The van der Waals surface area contributed by atoms with E-state index in [-0.39, 0.29) is 11.6 Å². The van der Waals surface area contributed by atoms with Crippen LogP contribution in [0.1, 0.15) is 34.6 Å². The van der Waals surface area contributed by atoms with E-state index in [9.17, 15) is 4.79 Å². The van der Waals surface area contributed by atoms with E-state index in [1.165, 1.54) is 11.8 Å². The zero-order valence-electron chi connectivity index (χ0n) is 13.3. The number of nitrogens with zero attached hydrogens (tertiary/aromatic N) is 2. The van der Waals surface area contributed by atoms with E-state index in [1.54, 1.807) is 13.3 Å². The molecule has 2 heterocycles. The summed E-state index contributed by atoms with van der Waals surface area (Å²) in [6.07, 6.45) is 6.30. The second kappa shape index (κ2) is 6.64. The van der Waals surface area contributed by atoms with Gasteiger partial charge in [0, 0.05) is 24.5 Å². The minimum absolute atomic E-state index is 0.283. The van der Waals surface area contributed by atoms with Crippen molar-refractivity contribution in [1.29, 1.82) is 0 Å². The number of nitrogens with one attached hydrogen (secondary N) is 2. The van der Waals surface area contributed by atoms with Gasteiger partial charge in [0.1, 0.15) is 11.4 Å². The molecule has 0 bridgehead atoms. The quantitative estimate of drug-likeness (QED) is 0.911. The number of methoxy groups -OCH3 is 1. The van der Waals surface area contributed by atoms with Gasteiger partial charge in [-0.2, -0.15) is 0 Å². The van der Waals surface area contributed by atoms with Gasteiger partial charge in [-0.15, -0.1) is 0 Å². The molecule has 1 aliphatic rings. The maximum atomic E-state index is 12.3. The van der Waals surface area contributed by atoms with Crippen molar-refractivity contribution in [3.05, 3.63) is 41.5 Å². The maximum absolute atomic E-state index is 12.3. The van der Waals surface area contributed by atoms with Gasteiger partial charge >= 0.3 is 0 Å². The lowest BCUT2D eigenvalue weighted by atomic mass is 10.1. The Morgan fingerprint density at radius 2 is 2.13 bits per heavy atom. The molecular formula is C17H20N4O2. The Kier molecular flexibility index (Phi) is 4.41. The monoisotopic (exact) mass is 312 g/mol. The maximum Gasteiger partial charge on any atom is 0.275 e. The molecule has 0 spiro atoms. The van der Waals surface area contributed by atoms with Crippen LogP contribution in [0.15, 0.2) is 24.5 Å². The molecule has 1 aromatic heterocycles. The lowest BCUT2D eigenvalue weighted by Crippen LogP contribution is -2.15. The lowest BCUT2D eigenvalue weighted by Gasteiger charge is -2.15. The summed E-state index contributed by atoms with van der Waals surface area (Å²) in [5.74, 6) is 0.337. The van der Waals surface area contributed by atoms with Gasteiger partial charge in [-0.05, 0) is 37.8 Å². The molecule has 3 rings (SSSR count). The Morgan fingerprint density at radius 1 is 1.26 bits per heavy atom. The Hall–Kier alpha value is -2.63. The van der Waals surface area contributed by atoms with Gasteiger partial charge in [0.2, 0.25) is 0 Å². The third-order valence-corrected chi connectivity index (χ3v) is 3.88. The highest BCUT2D eigenvalue weighted by molar-refractivity contribution is 6.03. The van der Waals surface area contributed by atoms with Crippen molar-refractivity contribution in [2.24, 2.45) is 0 Å². The zero-order chi connectivity index (χ0) is 16.2. The predicted molar refractivity (Wildman–Crippen MR) is 89.1 cm³/mol. The smallest absolute Gasteiger partial charge is 0.275 e. The van der Waals surface area contributed by atoms with Crippen molar-refractivity contribution in [3.63, 3.8) is 0 Å². The third kappa shape index (κ3) is 3.41. The first kappa shape index (κ1) is 15.3. The van der Waals surface area contributed by atoms with Crippen LogP contribution in [0.4, 0.5) is 11.4 Å². The van der Waals surface area contributed by atoms with Crippen molar-refractivity contribution < 1.29 is 9.53 Å². The van der Waals surface area contributed by atoms with Gasteiger partial charge in [0.15, 0.2) is 0 Å². The van der Waals surface area contributed by atoms with E-state index in [0.717, 1.165) is 37.2 Å². The van der Waals surface area contributed by atoms with Crippen molar-refractivity contribution in [3.8, 4) is 5.75 Å². The lowest BCUT2D eigenvalue weighted by molar-refractivity contribution is 0.102. The fourth-order valence-electron chi connectivity index (χ4n) is 2.62. The number of aromatic nitrogens is 2. The molecule has 0 unspecified atom stereocenters. The van der Waals surface area contributed by atoms with Crippen LogP contribution in [-0.2, 0) is 6.42 Å². The van der Waals surface area contributed by atoms with Gasteiger partial charge in [0.25, 0.3) is 5.91 Å². The second-order valence-corrected chi connectivity index (χ2v) is 5.59. The fraction of sp³-hybridized carbons (Fsp3) is 0.353. The summed E-state index contributed by atoms with van der Waals surface area (Å²) < 4.78 is 5.42. The molecule has 6 heteroatoms. The number of hydrogen-bond acceptors (Lipinski definition) is 5. The van der Waals surface area contributed by atoms with E-state index < -0.39 is 0 Å². The topological polar surface area (TPSA) is 76.1 Å². The molecule has 0 saturated carbocycles. The van der Waals surface area contributed by atoms with Crippen LogP contribution >= 0.6 is 0 Å². The first-order chi connectivity index (χ1) is 11.2. The molecule has 2 aromatic rings. The van der Waals surface area contributed by atoms with Crippen LogP contribution < -0.4 is 15.4 Å². The van der Waals surface area contributed by atoms with Crippen LogP contribution in [0.5, 0.6) is 5.75 Å². The number of benzene rings is 1. The van der Waals surface area contributed by atoms with Gasteiger partial charge in [-0.25, -0.2) is 4.98 Å². The number of aryl methyl sites for hydroxylation is 2. The molecule has 0 radical (unpaired) electrons. The van der Waals surface area contributed by atoms with E-state index in [4.69, 9.17) is 4.74 Å². The molecule has 0 saturated heterocycles. The molecule has 0 fully saturated rings. The highest BCUT2D eigenvalue weighted by atomic mass is 16.5. The number of carbonyl (C=O) groups excluding carboxylic acids is 1. The average molecular weight is 312 g/mol. The summed E-state index contributed by atoms with van der Waals surface area (Å²) in [4.78, 5) is 20.6. The molecule has 0 aliphatic carbocycles. The molecule has 6 nitrogen and oxygen atoms in total. The molecular weight excluding hydrogens is 292 g/mol. The van der Waals surface area contributed by atoms with Gasteiger partial charge in [-0.1, -0.05) is 0 Å². The fourth-order valence-corrected chi connectivity index (χ4v) is 2.62. The molecule has 0 atom stereocenters. The van der Waals surface area contributed by atoms with Crippen LogP contribution in [0.3, 0.4) is 0 Å². The Bertz CT molecular complexity index is 713. The summed E-state index contributed by atoms with van der Waals surface area (Å²) >= 11 is 0. The first-order valence-corrected chi connectivity index (χ1v) is 7.72. The molecule has 120 valence electrons. The normalized spacial score (nSPS) is 13.5. The standard InChI is InChI=1S/C17H20N4O2/c1-11-9-20-15(10-19-11)17(22)21-14-7-12-5-3-4-6-18-13(12)8-16(14)23-2/h7-10,18H,3-6H2,1-2H3,(H,21,22). The van der Waals surface area contributed by atoms with Crippen LogP contribution in [0.25, 0.3) is 0 Å². The highest BCUT2D eigenvalue weighted by Crippen LogP contribution is 2.33. The number of hydrogen-bond donors (Lipinski definition) is 2. The summed E-state index contributed by atoms with van der Waals surface area (Å²) in [6, 6.07) is 3.92. The van der Waals surface area contributed by atoms with Crippen LogP contribution in [0.2, 0.25) is 0 Å². The van der Waals surface area contributed by atoms with Gasteiger partial charge in [0.05, 0.1) is 24.7 Å². The zero-order valence-corrected chi connectivity index (χ0v) is 13.3. The third-order valence-electron chi connectivity index (χ3n) is 3.88. The second-order valence-electron chi connectivity index (χ2n) is 5.59. The van der Waals surface area contributed by atoms with Crippen molar-refractivity contribution in [1.82, 2.24) is 9.97 Å². The largest absolute Gasteiger partial charge is 0.494 e. The summed E-state index contributed by atoms with van der Waals surface area (Å²) in [6.45, 7) is 2.79. The number of ether oxygens (including phenoxy) is 1. The van der Waals surface area contributed by atoms with Gasteiger partial charge < -0.3 is 15.4 Å². The molecule has 1 aliphatic heterocycles. The van der Waals surface area contributed by atoms with Gasteiger partial charge in [-0.3, -0.25) is 9.78 Å². The number of rotatable bonds is 3. The number of carbonyl (C=O) groups is 1. The minimum Gasteiger partial charge on any atom is -0.494 e. The predicted octanol–water partition coefficient (Wildman–Crippen LogP) is 2.79. The number of anilines is 2. The summed E-state index contributed by atoms with van der Waals surface area (Å²) in [5, 5.41) is 6.28. The van der Waals surface area contributed by atoms with E-state index in [0.29, 0.717) is 11.4 Å². The number of amides is 1. The Morgan fingerprint density at radius 3 is 2.87 bits per heavy atom. The van der Waals surface area contributed by atoms with Crippen molar-refractivity contribution in [2.45, 2.75) is 26.2 Å². The summed E-state index contributed by atoms with van der Waals surface area (Å²) in [5.41, 5.74) is 3.98. The SMILES string of the molecule is COc1cc2c(cc1NC(=O)c1cnc(C)cn1)CCCCN2. The van der Waals surface area contributed by atoms with E-state index in [2.05, 4.69) is 20.6 Å². The average Bonchev–Trinajstić information content (AvgIpc) is 2.79. The minimum atomic E-state index is -0.294. The molecule has 1 aromatic carbocycles. The van der Waals surface area contributed by atoms with Crippen LogP contribution in [-0.4, -0.2) is 29.5 Å². The summed E-state index contributed by atoms with van der Waals surface area (Å²) in [7, 11) is 1.60. The Balaban J connectivity index is 1.88. The number of fused-ring (bicyclic) bond motifs is 1. The Labute approximate surface area is 135 Å².